The number of para-hydroxylation sites is 1. The molecule has 1 heterocycles. The third-order valence-electron chi connectivity index (χ3n) is 4.24. The van der Waals surface area contributed by atoms with Gasteiger partial charge in [-0.15, -0.1) is 0 Å². The van der Waals surface area contributed by atoms with Crippen LogP contribution in [0.3, 0.4) is 0 Å². The molecule has 3 rings (SSSR count). The number of rotatable bonds is 5. The van der Waals surface area contributed by atoms with Crippen LogP contribution in [0.5, 0.6) is 5.75 Å². The Morgan fingerprint density at radius 3 is 2.64 bits per heavy atom. The maximum atomic E-state index is 12.9. The number of carbonyl (C=O) groups excluding carboxylic acids is 2. The van der Waals surface area contributed by atoms with Crippen molar-refractivity contribution < 1.29 is 19.1 Å². The molecule has 0 aliphatic rings. The van der Waals surface area contributed by atoms with E-state index in [0.29, 0.717) is 22.7 Å². The summed E-state index contributed by atoms with van der Waals surface area (Å²) in [5.41, 5.74) is 3.39. The highest BCUT2D eigenvalue weighted by molar-refractivity contribution is 7.16. The molecule has 0 spiro atoms. The van der Waals surface area contributed by atoms with E-state index in [9.17, 15) is 9.59 Å². The Hall–Kier alpha value is -2.93. The van der Waals surface area contributed by atoms with Gasteiger partial charge in [0.1, 0.15) is 12.3 Å². The Balaban J connectivity index is 2.19. The standard InChI is InChI=1S/C21H22N2O4S/c1-5-27-17-9-7-6-8-15(17)20(25)22-21-23(12-18(24)26-4)16-11-13(2)10-14(3)19(16)28-21/h6-11H,5,12H2,1-4H3. The van der Waals surface area contributed by atoms with Gasteiger partial charge in [0.05, 0.1) is 29.5 Å². The van der Waals surface area contributed by atoms with Crippen LogP contribution in [-0.4, -0.2) is 30.2 Å². The van der Waals surface area contributed by atoms with Crippen molar-refractivity contribution >= 4 is 33.4 Å². The van der Waals surface area contributed by atoms with E-state index in [-0.39, 0.29) is 6.54 Å². The third kappa shape index (κ3) is 3.99. The van der Waals surface area contributed by atoms with Gasteiger partial charge in [-0.05, 0) is 50.1 Å². The molecular formula is C21H22N2O4S. The van der Waals surface area contributed by atoms with Crippen LogP contribution in [0.15, 0.2) is 41.4 Å². The van der Waals surface area contributed by atoms with Crippen molar-refractivity contribution in [1.82, 2.24) is 4.57 Å². The molecule has 0 fully saturated rings. The molecule has 0 N–H and O–H groups in total. The number of hydrogen-bond acceptors (Lipinski definition) is 5. The van der Waals surface area contributed by atoms with Crippen LogP contribution in [0, 0.1) is 13.8 Å². The topological polar surface area (TPSA) is 69.9 Å². The monoisotopic (exact) mass is 398 g/mol. The van der Waals surface area contributed by atoms with E-state index in [0.717, 1.165) is 21.3 Å². The molecule has 1 amide bonds. The van der Waals surface area contributed by atoms with Crippen molar-refractivity contribution in [3.63, 3.8) is 0 Å². The summed E-state index contributed by atoms with van der Waals surface area (Å²) in [7, 11) is 1.34. The highest BCUT2D eigenvalue weighted by Gasteiger charge is 2.16. The van der Waals surface area contributed by atoms with E-state index < -0.39 is 11.9 Å². The second-order valence-electron chi connectivity index (χ2n) is 6.32. The number of hydrogen-bond donors (Lipinski definition) is 0. The van der Waals surface area contributed by atoms with Crippen molar-refractivity contribution in [1.29, 1.82) is 0 Å². The number of esters is 1. The first-order valence-electron chi connectivity index (χ1n) is 8.93. The van der Waals surface area contributed by atoms with E-state index in [2.05, 4.69) is 11.1 Å². The summed E-state index contributed by atoms with van der Waals surface area (Å²) in [6, 6.07) is 11.1. The number of nitrogens with zero attached hydrogens (tertiary/aromatic N) is 2. The van der Waals surface area contributed by atoms with Gasteiger partial charge in [-0.2, -0.15) is 4.99 Å². The highest BCUT2D eigenvalue weighted by atomic mass is 32.1. The zero-order chi connectivity index (χ0) is 20.3. The minimum absolute atomic E-state index is 0.0153. The van der Waals surface area contributed by atoms with Gasteiger partial charge >= 0.3 is 5.97 Å². The lowest BCUT2D eigenvalue weighted by atomic mass is 10.1. The van der Waals surface area contributed by atoms with Crippen LogP contribution in [0.2, 0.25) is 0 Å². The fourth-order valence-electron chi connectivity index (χ4n) is 3.02. The van der Waals surface area contributed by atoms with Gasteiger partial charge in [-0.1, -0.05) is 29.5 Å². The number of carbonyl (C=O) groups is 2. The molecule has 0 aliphatic heterocycles. The third-order valence-corrected chi connectivity index (χ3v) is 5.47. The second-order valence-corrected chi connectivity index (χ2v) is 7.30. The molecule has 0 unspecified atom stereocenters. The molecule has 3 aromatic rings. The van der Waals surface area contributed by atoms with E-state index >= 15 is 0 Å². The van der Waals surface area contributed by atoms with E-state index in [1.54, 1.807) is 22.8 Å². The van der Waals surface area contributed by atoms with Gasteiger partial charge in [0.15, 0.2) is 4.80 Å². The van der Waals surface area contributed by atoms with Gasteiger partial charge in [-0.3, -0.25) is 9.59 Å². The Bertz CT molecular complexity index is 1110. The van der Waals surface area contributed by atoms with Crippen molar-refractivity contribution in [3.05, 3.63) is 57.9 Å². The molecule has 2 aromatic carbocycles. The molecule has 0 bridgehead atoms. The molecular weight excluding hydrogens is 376 g/mol. The normalized spacial score (nSPS) is 11.6. The first-order valence-corrected chi connectivity index (χ1v) is 9.74. The van der Waals surface area contributed by atoms with Crippen molar-refractivity contribution in [2.75, 3.05) is 13.7 Å². The van der Waals surface area contributed by atoms with E-state index in [4.69, 9.17) is 9.47 Å². The van der Waals surface area contributed by atoms with Crippen LogP contribution < -0.4 is 9.54 Å². The van der Waals surface area contributed by atoms with Gasteiger partial charge < -0.3 is 14.0 Å². The zero-order valence-corrected chi connectivity index (χ0v) is 17.1. The average molecular weight is 398 g/mol. The molecule has 0 saturated heterocycles. The molecule has 0 atom stereocenters. The van der Waals surface area contributed by atoms with Crippen molar-refractivity contribution in [2.24, 2.45) is 4.99 Å². The summed E-state index contributed by atoms with van der Waals surface area (Å²) in [6.07, 6.45) is 0. The number of methoxy groups -OCH3 is 1. The smallest absolute Gasteiger partial charge is 0.325 e. The molecule has 0 aliphatic carbocycles. The number of aryl methyl sites for hydroxylation is 2. The molecule has 1 aromatic heterocycles. The van der Waals surface area contributed by atoms with Crippen LogP contribution >= 0.6 is 11.3 Å². The second kappa shape index (κ2) is 8.39. The van der Waals surface area contributed by atoms with Gasteiger partial charge in [-0.25, -0.2) is 0 Å². The molecule has 28 heavy (non-hydrogen) atoms. The molecule has 6 nitrogen and oxygen atoms in total. The number of benzene rings is 2. The average Bonchev–Trinajstić information content (AvgIpc) is 3.00. The quantitative estimate of drug-likeness (QED) is 0.616. The summed E-state index contributed by atoms with van der Waals surface area (Å²) in [5.74, 6) is -0.322. The summed E-state index contributed by atoms with van der Waals surface area (Å²) in [6.45, 7) is 6.30. The van der Waals surface area contributed by atoms with Crippen LogP contribution in [0.25, 0.3) is 10.2 Å². The van der Waals surface area contributed by atoms with Crippen molar-refractivity contribution in [3.8, 4) is 5.75 Å². The molecule has 7 heteroatoms. The summed E-state index contributed by atoms with van der Waals surface area (Å²) in [4.78, 5) is 29.6. The number of ether oxygens (including phenoxy) is 2. The minimum atomic E-state index is -0.413. The fraction of sp³-hybridized carbons (Fsp3) is 0.286. The van der Waals surface area contributed by atoms with Crippen molar-refractivity contribution in [2.45, 2.75) is 27.3 Å². The highest BCUT2D eigenvalue weighted by Crippen LogP contribution is 2.24. The van der Waals surface area contributed by atoms with E-state index in [1.807, 2.05) is 32.9 Å². The lowest BCUT2D eigenvalue weighted by molar-refractivity contribution is -0.141. The first-order chi connectivity index (χ1) is 13.4. The number of aromatic nitrogens is 1. The number of thiazole rings is 1. The predicted octanol–water partition coefficient (Wildman–Crippen LogP) is 3.63. The zero-order valence-electron chi connectivity index (χ0n) is 16.3. The first kappa shape index (κ1) is 19.8. The lowest BCUT2D eigenvalue weighted by Crippen LogP contribution is -2.22. The van der Waals surface area contributed by atoms with Gasteiger partial charge in [0.2, 0.25) is 0 Å². The fourth-order valence-corrected chi connectivity index (χ4v) is 4.09. The Morgan fingerprint density at radius 1 is 1.18 bits per heavy atom. The summed E-state index contributed by atoms with van der Waals surface area (Å²) in [5, 5.41) is 0. The maximum absolute atomic E-state index is 12.9. The summed E-state index contributed by atoms with van der Waals surface area (Å²) < 4.78 is 13.1. The van der Waals surface area contributed by atoms with Crippen LogP contribution in [0.1, 0.15) is 28.4 Å². The number of fused-ring (bicyclic) bond motifs is 1. The molecule has 146 valence electrons. The maximum Gasteiger partial charge on any atom is 0.325 e. The summed E-state index contributed by atoms with van der Waals surface area (Å²) >= 11 is 1.38. The molecule has 0 radical (unpaired) electrons. The van der Waals surface area contributed by atoms with E-state index in [1.165, 1.54) is 18.4 Å². The van der Waals surface area contributed by atoms with Crippen LogP contribution in [-0.2, 0) is 16.1 Å². The van der Waals surface area contributed by atoms with Gasteiger partial charge in [0.25, 0.3) is 5.91 Å². The van der Waals surface area contributed by atoms with Gasteiger partial charge in [0, 0.05) is 0 Å². The van der Waals surface area contributed by atoms with Crippen LogP contribution in [0.4, 0.5) is 0 Å². The molecule has 0 saturated carbocycles. The predicted molar refractivity (Wildman–Crippen MR) is 109 cm³/mol. The lowest BCUT2D eigenvalue weighted by Gasteiger charge is -2.07. The Labute approximate surface area is 167 Å². The SMILES string of the molecule is CCOc1ccccc1C(=O)N=c1sc2c(C)cc(C)cc2n1CC(=O)OC. The Morgan fingerprint density at radius 2 is 1.93 bits per heavy atom. The minimum Gasteiger partial charge on any atom is -0.493 e. The number of amides is 1. The largest absolute Gasteiger partial charge is 0.493 e. The Kier molecular flexibility index (Phi) is 5.94.